The molecule has 0 aliphatic carbocycles. The van der Waals surface area contributed by atoms with Crippen LogP contribution in [-0.2, 0) is 16.3 Å². The Hall–Kier alpha value is 0.843. The van der Waals surface area contributed by atoms with Crippen LogP contribution < -0.4 is 0 Å². The summed E-state index contributed by atoms with van der Waals surface area (Å²) in [5.74, 6) is 0. The molecular weight excluding hydrogens is 241 g/mol. The minimum atomic E-state index is 1.19. The van der Waals surface area contributed by atoms with Crippen molar-refractivity contribution in [3.8, 4) is 0 Å². The van der Waals surface area contributed by atoms with Gasteiger partial charge in [0.15, 0.2) is 0 Å². The molecule has 0 unspecified atom stereocenters. The maximum atomic E-state index is 3.06. The fourth-order valence-electron chi connectivity index (χ4n) is 0.539. The van der Waals surface area contributed by atoms with E-state index in [-0.39, 0.29) is 0 Å². The van der Waals surface area contributed by atoms with E-state index in [2.05, 4.69) is 46.9 Å². The second kappa shape index (κ2) is 12.5. The zero-order valence-corrected chi connectivity index (χ0v) is 11.7. The van der Waals surface area contributed by atoms with Crippen molar-refractivity contribution >= 4 is 13.6 Å². The average molecular weight is 257 g/mol. The van der Waals surface area contributed by atoms with Gasteiger partial charge in [0, 0.05) is 0 Å². The molecule has 2 heteroatoms. The molecule has 0 aromatic rings. The van der Waals surface area contributed by atoms with Gasteiger partial charge in [-0.15, -0.1) is 0 Å². The quantitative estimate of drug-likeness (QED) is 0.312. The fourth-order valence-corrected chi connectivity index (χ4v) is 0.539. The first-order valence-corrected chi connectivity index (χ1v) is 10.4. The van der Waals surface area contributed by atoms with Crippen molar-refractivity contribution in [2.24, 2.45) is 0 Å². The van der Waals surface area contributed by atoms with Gasteiger partial charge in [-0.3, -0.25) is 0 Å². The van der Waals surface area contributed by atoms with Gasteiger partial charge >= 0.3 is 30.0 Å². The number of hydrogen-bond acceptors (Lipinski definition) is 0. The predicted molar refractivity (Wildman–Crippen MR) is 47.6 cm³/mol. The van der Waals surface area contributed by atoms with Crippen molar-refractivity contribution in [3.63, 3.8) is 0 Å². The Bertz CT molecular complexity index is 75.3. The molecule has 0 fully saturated rings. The van der Waals surface area contributed by atoms with Gasteiger partial charge in [-0.2, -0.15) is 13.3 Å². The van der Waals surface area contributed by atoms with Crippen molar-refractivity contribution in [3.05, 3.63) is 18.1 Å². The molecule has 0 radical (unpaired) electrons. The number of hydrogen-bond donors (Lipinski definition) is 0. The Morgan fingerprint density at radius 2 is 2.00 bits per heavy atom. The molecule has 0 saturated heterocycles. The van der Waals surface area contributed by atoms with Crippen LogP contribution in [0.15, 0.2) is 11.6 Å². The van der Waals surface area contributed by atoms with Crippen LogP contribution in [-0.4, -0.2) is 0 Å². The molecule has 0 atom stereocenters. The van der Waals surface area contributed by atoms with Crippen LogP contribution in [0.3, 0.4) is 0 Å². The molecule has 0 amide bonds. The van der Waals surface area contributed by atoms with Gasteiger partial charge in [0.2, 0.25) is 0 Å². The normalized spacial score (nSPS) is 7.80. The van der Waals surface area contributed by atoms with E-state index in [0.717, 1.165) is 0 Å². The molecule has 0 aliphatic heterocycles. The van der Waals surface area contributed by atoms with Crippen LogP contribution in [0.25, 0.3) is 0 Å². The Morgan fingerprint density at radius 3 is 2.30 bits per heavy atom. The summed E-state index contributed by atoms with van der Waals surface area (Å²) >= 11 is 4.25. The third-order valence-corrected chi connectivity index (χ3v) is 1.01. The Labute approximate surface area is 81.5 Å². The zero-order valence-electron chi connectivity index (χ0n) is 7.15. The van der Waals surface area contributed by atoms with Gasteiger partial charge < -0.3 is 6.42 Å². The van der Waals surface area contributed by atoms with Crippen molar-refractivity contribution in [2.75, 3.05) is 0 Å². The number of halogens is 1. The molecule has 0 spiro atoms. The Balaban J connectivity index is 0. The summed E-state index contributed by atoms with van der Waals surface area (Å²) in [5, 5.41) is 0. The topological polar surface area (TPSA) is 0 Å². The summed E-state index contributed by atoms with van der Waals surface area (Å²) in [7, 11) is 0. The molecule has 0 rings (SSSR count). The average Bonchev–Trinajstić information content (AvgIpc) is 1.92. The van der Waals surface area contributed by atoms with E-state index in [4.69, 9.17) is 0 Å². The molecule has 0 aromatic carbocycles. The Kier molecular flexibility index (Phi) is 16.8. The summed E-state index contributed by atoms with van der Waals surface area (Å²) in [5.41, 5.74) is 1.42. The minimum absolute atomic E-state index is 1.19. The summed E-state index contributed by atoms with van der Waals surface area (Å²) in [6, 6.07) is 0. The van der Waals surface area contributed by atoms with Crippen molar-refractivity contribution in [1.29, 1.82) is 0 Å². The van der Waals surface area contributed by atoms with Gasteiger partial charge in [0.1, 0.15) is 0 Å². The third-order valence-electron chi connectivity index (χ3n) is 1.01. The van der Waals surface area contributed by atoms with Crippen LogP contribution in [0.1, 0.15) is 33.6 Å². The van der Waals surface area contributed by atoms with Gasteiger partial charge in [0.05, 0.1) is 0 Å². The van der Waals surface area contributed by atoms with Gasteiger partial charge in [-0.25, -0.2) is 0 Å². The summed E-state index contributed by atoms with van der Waals surface area (Å²) in [6.07, 6.45) is 6.88. The van der Waals surface area contributed by atoms with Crippen LogP contribution in [0, 0.1) is 6.42 Å². The molecule has 56 valence electrons. The predicted octanol–water partition coefficient (Wildman–Crippen LogP) is 3.80. The first-order valence-electron chi connectivity index (χ1n) is 3.45. The van der Waals surface area contributed by atoms with Gasteiger partial charge in [-0.05, 0) is 13.8 Å². The first kappa shape index (κ1) is 13.4. The van der Waals surface area contributed by atoms with Gasteiger partial charge in [0.25, 0.3) is 0 Å². The monoisotopic (exact) mass is 254 g/mol. The van der Waals surface area contributed by atoms with E-state index in [0.29, 0.717) is 0 Å². The van der Waals surface area contributed by atoms with Crippen LogP contribution in [0.4, 0.5) is 0 Å². The molecule has 0 bridgehead atoms. The molecular formula is C8H15BrZn. The summed E-state index contributed by atoms with van der Waals surface area (Å²) in [4.78, 5) is 0. The van der Waals surface area contributed by atoms with E-state index < -0.39 is 0 Å². The number of allylic oxidation sites excluding steroid dienone is 2. The first-order chi connectivity index (χ1) is 4.77. The van der Waals surface area contributed by atoms with Crippen LogP contribution >= 0.6 is 13.6 Å². The zero-order chi connectivity index (χ0) is 8.41. The number of unbranched alkanes of at least 4 members (excludes halogenated alkanes) is 2. The second-order valence-electron chi connectivity index (χ2n) is 2.27. The molecule has 0 aromatic heterocycles. The fraction of sp³-hybridized carbons (Fsp3) is 0.625. The van der Waals surface area contributed by atoms with E-state index in [9.17, 15) is 0 Å². The Morgan fingerprint density at radius 1 is 1.50 bits per heavy atom. The van der Waals surface area contributed by atoms with Crippen LogP contribution in [0.2, 0.25) is 0 Å². The SMILES string of the molecule is C[CH-]CCC=C(C)C.[Zn+][Br]. The molecule has 10 heavy (non-hydrogen) atoms. The van der Waals surface area contributed by atoms with Gasteiger partial charge in [-0.1, -0.05) is 18.1 Å². The maximum absolute atomic E-state index is 3.06. The summed E-state index contributed by atoms with van der Waals surface area (Å²) < 4.78 is 0. The van der Waals surface area contributed by atoms with Crippen molar-refractivity contribution < 1.29 is 16.3 Å². The summed E-state index contributed by atoms with van der Waals surface area (Å²) in [6.45, 7) is 6.37. The standard InChI is InChI=1S/C8H15.BrH.Zn/c1-4-5-6-7-8(2)3;;/h4,7H,5-6H2,1-3H3;1H;/q-1;;+2/p-1. The van der Waals surface area contributed by atoms with Crippen molar-refractivity contribution in [2.45, 2.75) is 33.6 Å². The molecule has 0 nitrogen and oxygen atoms in total. The third kappa shape index (κ3) is 15.9. The molecule has 0 heterocycles. The van der Waals surface area contributed by atoms with Crippen molar-refractivity contribution in [1.82, 2.24) is 0 Å². The molecule has 0 saturated carbocycles. The second-order valence-corrected chi connectivity index (χ2v) is 2.27. The van der Waals surface area contributed by atoms with E-state index in [1.807, 2.05) is 0 Å². The molecule has 0 aliphatic rings. The number of rotatable bonds is 3. The van der Waals surface area contributed by atoms with E-state index in [1.165, 1.54) is 34.8 Å². The van der Waals surface area contributed by atoms with E-state index >= 15 is 0 Å². The molecule has 0 N–H and O–H groups in total. The van der Waals surface area contributed by atoms with E-state index in [1.54, 1.807) is 0 Å². The van der Waals surface area contributed by atoms with Crippen LogP contribution in [0.5, 0.6) is 0 Å².